The largest absolute Gasteiger partial charge is 0.506 e. The second-order valence-corrected chi connectivity index (χ2v) is 12.3. The summed E-state index contributed by atoms with van der Waals surface area (Å²) < 4.78 is 3.95. The summed E-state index contributed by atoms with van der Waals surface area (Å²) in [6.45, 7) is 13.4. The van der Waals surface area contributed by atoms with Gasteiger partial charge in [-0.05, 0) is 68.8 Å². The first-order chi connectivity index (χ1) is 21.7. The van der Waals surface area contributed by atoms with Gasteiger partial charge in [0.1, 0.15) is 17.2 Å². The average molecular weight is 608 g/mol. The molecule has 3 aromatic carbocycles. The third-order valence-corrected chi connectivity index (χ3v) is 8.80. The molecule has 0 bridgehead atoms. The second-order valence-electron chi connectivity index (χ2n) is 12.3. The molecule has 1 saturated heterocycles. The minimum Gasteiger partial charge on any atom is -0.506 e. The fourth-order valence-electron chi connectivity index (χ4n) is 6.24. The standard InChI is InChI=1S/C35H41N7O3/c1-23(20-40-14-12-39(4)13-15-40)21-42-25(3)24(2)30-17-28(8-9-31(30)42)37-27-7-5-6-26(16-27)35(45)38-29-18-32(43)34(33(44)19-29)41-11-10-36-22-41/h5-11,16-19,22-23,37,43-44H,12-15,20-21H2,1-4H3,(H,38,45). The highest BCUT2D eigenvalue weighted by Gasteiger charge is 2.19. The van der Waals surface area contributed by atoms with Gasteiger partial charge in [-0.2, -0.15) is 0 Å². The quantitative estimate of drug-likeness (QED) is 0.169. The zero-order valence-electron chi connectivity index (χ0n) is 26.3. The van der Waals surface area contributed by atoms with Crippen LogP contribution in [-0.4, -0.2) is 79.8 Å². The van der Waals surface area contributed by atoms with Crippen LogP contribution in [0.3, 0.4) is 0 Å². The van der Waals surface area contributed by atoms with Gasteiger partial charge in [0, 0.05) is 103 Å². The Hall–Kier alpha value is -4.80. The summed E-state index contributed by atoms with van der Waals surface area (Å²) in [4.78, 5) is 22.0. The molecule has 1 amide bonds. The zero-order valence-corrected chi connectivity index (χ0v) is 26.3. The maximum atomic E-state index is 13.1. The first-order valence-corrected chi connectivity index (χ1v) is 15.4. The van der Waals surface area contributed by atoms with Crippen molar-refractivity contribution in [3.05, 3.63) is 90.1 Å². The Morgan fingerprint density at radius 2 is 1.67 bits per heavy atom. The lowest BCUT2D eigenvalue weighted by atomic mass is 10.1. The molecule has 0 saturated carbocycles. The van der Waals surface area contributed by atoms with Crippen molar-refractivity contribution in [1.29, 1.82) is 0 Å². The maximum absolute atomic E-state index is 13.1. The van der Waals surface area contributed by atoms with E-state index >= 15 is 0 Å². The predicted octanol–water partition coefficient (Wildman–Crippen LogP) is 5.73. The molecule has 0 radical (unpaired) electrons. The fraction of sp³-hybridized carbons (Fsp3) is 0.314. The number of nitrogens with zero attached hydrogens (tertiary/aromatic N) is 5. The van der Waals surface area contributed by atoms with Crippen molar-refractivity contribution in [3.63, 3.8) is 0 Å². The summed E-state index contributed by atoms with van der Waals surface area (Å²) in [5, 5.41) is 28.4. The minimum atomic E-state index is -0.363. The van der Waals surface area contributed by atoms with Crippen LogP contribution in [0.15, 0.2) is 73.3 Å². The Labute approximate surface area is 263 Å². The van der Waals surface area contributed by atoms with Crippen LogP contribution in [0.4, 0.5) is 17.1 Å². The molecule has 6 rings (SSSR count). The van der Waals surface area contributed by atoms with E-state index in [4.69, 9.17) is 0 Å². The highest BCUT2D eigenvalue weighted by Crippen LogP contribution is 2.35. The first-order valence-electron chi connectivity index (χ1n) is 15.4. The Morgan fingerprint density at radius 1 is 0.933 bits per heavy atom. The van der Waals surface area contributed by atoms with Crippen LogP contribution in [0.25, 0.3) is 16.6 Å². The number of carbonyl (C=O) groups is 1. The minimum absolute atomic E-state index is 0.182. The van der Waals surface area contributed by atoms with Crippen molar-refractivity contribution in [2.75, 3.05) is 50.4 Å². The number of phenols is 2. The summed E-state index contributed by atoms with van der Waals surface area (Å²) in [7, 11) is 2.20. The number of phenolic OH excluding ortho intramolecular Hbond substituents is 2. The van der Waals surface area contributed by atoms with Gasteiger partial charge in [0.15, 0.2) is 0 Å². The van der Waals surface area contributed by atoms with Crippen molar-refractivity contribution >= 4 is 33.9 Å². The molecule has 0 spiro atoms. The number of carbonyl (C=O) groups excluding carboxylic acids is 1. The number of anilines is 3. The van der Waals surface area contributed by atoms with Crippen LogP contribution in [0, 0.1) is 19.8 Å². The van der Waals surface area contributed by atoms with E-state index < -0.39 is 0 Å². The first kappa shape index (κ1) is 30.2. The summed E-state index contributed by atoms with van der Waals surface area (Å²) in [6.07, 6.45) is 4.63. The Bertz CT molecular complexity index is 1800. The molecule has 1 atom stereocenters. The van der Waals surface area contributed by atoms with Gasteiger partial charge in [-0.15, -0.1) is 0 Å². The summed E-state index contributed by atoms with van der Waals surface area (Å²) >= 11 is 0. The number of aryl methyl sites for hydroxylation is 1. The summed E-state index contributed by atoms with van der Waals surface area (Å²) in [6, 6.07) is 16.5. The van der Waals surface area contributed by atoms with Crippen LogP contribution in [-0.2, 0) is 6.54 Å². The summed E-state index contributed by atoms with van der Waals surface area (Å²) in [5.74, 6) is -0.190. The van der Waals surface area contributed by atoms with Crippen LogP contribution in [0.1, 0.15) is 28.5 Å². The number of likely N-dealkylation sites (N-methyl/N-ethyl adjacent to an activating group) is 1. The van der Waals surface area contributed by atoms with Crippen molar-refractivity contribution < 1.29 is 15.0 Å². The van der Waals surface area contributed by atoms with E-state index in [1.165, 1.54) is 45.2 Å². The van der Waals surface area contributed by atoms with E-state index in [1.807, 2.05) is 12.1 Å². The Morgan fingerprint density at radius 3 is 2.38 bits per heavy atom. The Kier molecular flexibility index (Phi) is 8.51. The number of hydrogen-bond donors (Lipinski definition) is 4. The second kappa shape index (κ2) is 12.7. The van der Waals surface area contributed by atoms with Gasteiger partial charge in [0.2, 0.25) is 0 Å². The number of rotatable bonds is 9. The molecular formula is C35H41N7O3. The monoisotopic (exact) mass is 607 g/mol. The topological polar surface area (TPSA) is 111 Å². The lowest BCUT2D eigenvalue weighted by molar-refractivity contribution is 0.102. The van der Waals surface area contributed by atoms with Gasteiger partial charge >= 0.3 is 0 Å². The van der Waals surface area contributed by atoms with E-state index in [1.54, 1.807) is 24.5 Å². The van der Waals surface area contributed by atoms with E-state index in [-0.39, 0.29) is 28.8 Å². The number of hydrogen-bond acceptors (Lipinski definition) is 7. The molecule has 3 heterocycles. The van der Waals surface area contributed by atoms with Gasteiger partial charge in [-0.3, -0.25) is 9.36 Å². The molecule has 234 valence electrons. The molecule has 5 aromatic rings. The highest BCUT2D eigenvalue weighted by atomic mass is 16.3. The molecule has 1 aliphatic heterocycles. The van der Waals surface area contributed by atoms with E-state index in [0.717, 1.165) is 50.6 Å². The fourth-order valence-corrected chi connectivity index (χ4v) is 6.24. The molecule has 0 aliphatic carbocycles. The normalized spacial score (nSPS) is 14.9. The van der Waals surface area contributed by atoms with Crippen molar-refractivity contribution in [2.45, 2.75) is 27.3 Å². The molecular weight excluding hydrogens is 566 g/mol. The van der Waals surface area contributed by atoms with E-state index in [2.05, 4.69) is 76.0 Å². The van der Waals surface area contributed by atoms with Gasteiger partial charge in [0.25, 0.3) is 5.91 Å². The zero-order chi connectivity index (χ0) is 31.7. The van der Waals surface area contributed by atoms with E-state index in [0.29, 0.717) is 11.5 Å². The summed E-state index contributed by atoms with van der Waals surface area (Å²) in [5.41, 5.74) is 6.42. The molecule has 1 fully saturated rings. The lowest BCUT2D eigenvalue weighted by Crippen LogP contribution is -2.46. The third-order valence-electron chi connectivity index (χ3n) is 8.80. The van der Waals surface area contributed by atoms with Gasteiger partial charge in [0.05, 0.1) is 6.33 Å². The molecule has 1 unspecified atom stereocenters. The van der Waals surface area contributed by atoms with Crippen LogP contribution >= 0.6 is 0 Å². The predicted molar refractivity (Wildman–Crippen MR) is 179 cm³/mol. The van der Waals surface area contributed by atoms with Crippen LogP contribution in [0.2, 0.25) is 0 Å². The number of aromatic hydroxyl groups is 2. The van der Waals surface area contributed by atoms with Gasteiger partial charge in [-0.1, -0.05) is 13.0 Å². The van der Waals surface area contributed by atoms with Crippen molar-refractivity contribution in [2.24, 2.45) is 5.92 Å². The molecule has 10 nitrogen and oxygen atoms in total. The molecule has 4 N–H and O–H groups in total. The van der Waals surface area contributed by atoms with Gasteiger partial charge in [-0.25, -0.2) is 4.98 Å². The maximum Gasteiger partial charge on any atom is 0.255 e. The highest BCUT2D eigenvalue weighted by molar-refractivity contribution is 6.05. The Balaban J connectivity index is 1.15. The number of benzene rings is 3. The number of imidazole rings is 1. The third kappa shape index (κ3) is 6.52. The number of amides is 1. The van der Waals surface area contributed by atoms with E-state index in [9.17, 15) is 15.0 Å². The van der Waals surface area contributed by atoms with Crippen LogP contribution < -0.4 is 10.6 Å². The lowest BCUT2D eigenvalue weighted by Gasteiger charge is -2.34. The molecule has 45 heavy (non-hydrogen) atoms. The average Bonchev–Trinajstić information content (AvgIpc) is 3.61. The van der Waals surface area contributed by atoms with Crippen molar-refractivity contribution in [1.82, 2.24) is 23.9 Å². The van der Waals surface area contributed by atoms with Gasteiger partial charge < -0.3 is 35.2 Å². The SMILES string of the molecule is Cc1c(C)n(CC(C)CN2CCN(C)CC2)c2ccc(Nc3cccc(C(=O)Nc4cc(O)c(-n5ccnc5)c(O)c4)c3)cc12. The molecule has 10 heteroatoms. The smallest absolute Gasteiger partial charge is 0.255 e. The molecule has 2 aromatic heterocycles. The van der Waals surface area contributed by atoms with Crippen LogP contribution in [0.5, 0.6) is 11.5 Å². The van der Waals surface area contributed by atoms with Crippen molar-refractivity contribution in [3.8, 4) is 17.2 Å². The number of nitrogens with one attached hydrogen (secondary N) is 2. The molecule has 1 aliphatic rings. The number of fused-ring (bicyclic) bond motifs is 1. The number of aromatic nitrogens is 3. The number of piperazine rings is 1.